The van der Waals surface area contributed by atoms with Crippen molar-refractivity contribution in [3.05, 3.63) is 30.1 Å². The number of nitrogens with zero attached hydrogens (tertiary/aromatic N) is 1. The zero-order valence-electron chi connectivity index (χ0n) is 10.4. The fourth-order valence-corrected chi connectivity index (χ4v) is 2.26. The summed E-state index contributed by atoms with van der Waals surface area (Å²) in [7, 11) is 0. The molecule has 94 valence electrons. The SMILES string of the molecule is CC(CNC(=O)c1ccc2nc[nH]c2c1)C1CC1. The van der Waals surface area contributed by atoms with E-state index < -0.39 is 0 Å². The maximum absolute atomic E-state index is 12.0. The van der Waals surface area contributed by atoms with Crippen LogP contribution in [0.4, 0.5) is 0 Å². The van der Waals surface area contributed by atoms with Gasteiger partial charge in [-0.1, -0.05) is 6.92 Å². The van der Waals surface area contributed by atoms with Crippen molar-refractivity contribution in [3.8, 4) is 0 Å². The maximum atomic E-state index is 12.0. The van der Waals surface area contributed by atoms with Crippen LogP contribution < -0.4 is 5.32 Å². The van der Waals surface area contributed by atoms with Gasteiger partial charge in [-0.15, -0.1) is 0 Å². The van der Waals surface area contributed by atoms with Crippen molar-refractivity contribution in [2.45, 2.75) is 19.8 Å². The fraction of sp³-hybridized carbons (Fsp3) is 0.429. The largest absolute Gasteiger partial charge is 0.352 e. The van der Waals surface area contributed by atoms with Crippen LogP contribution in [-0.2, 0) is 0 Å². The molecule has 1 fully saturated rings. The Bertz CT molecular complexity index is 571. The molecule has 1 aromatic heterocycles. The Morgan fingerprint density at radius 1 is 1.56 bits per heavy atom. The molecule has 1 unspecified atom stereocenters. The molecule has 2 N–H and O–H groups in total. The summed E-state index contributed by atoms with van der Waals surface area (Å²) in [4.78, 5) is 19.2. The Balaban J connectivity index is 1.66. The summed E-state index contributed by atoms with van der Waals surface area (Å²) in [6, 6.07) is 5.53. The number of aromatic nitrogens is 2. The average molecular weight is 243 g/mol. The molecule has 1 atom stereocenters. The first-order chi connectivity index (χ1) is 8.74. The molecule has 1 aromatic carbocycles. The second-order valence-corrected chi connectivity index (χ2v) is 5.16. The summed E-state index contributed by atoms with van der Waals surface area (Å²) in [5, 5.41) is 3.00. The summed E-state index contributed by atoms with van der Waals surface area (Å²) in [6.07, 6.45) is 4.27. The molecule has 4 nitrogen and oxygen atoms in total. The number of carbonyl (C=O) groups excluding carboxylic acids is 1. The number of rotatable bonds is 4. The number of nitrogens with one attached hydrogen (secondary N) is 2. The lowest BCUT2D eigenvalue weighted by Gasteiger charge is -2.11. The number of carbonyl (C=O) groups is 1. The molecule has 1 aliphatic rings. The summed E-state index contributed by atoms with van der Waals surface area (Å²) in [6.45, 7) is 2.97. The van der Waals surface area contributed by atoms with Crippen LogP contribution in [0.25, 0.3) is 11.0 Å². The van der Waals surface area contributed by atoms with Crippen LogP contribution in [0.15, 0.2) is 24.5 Å². The van der Waals surface area contributed by atoms with Crippen molar-refractivity contribution in [2.24, 2.45) is 11.8 Å². The van der Waals surface area contributed by atoms with E-state index in [1.807, 2.05) is 18.2 Å². The van der Waals surface area contributed by atoms with Crippen LogP contribution >= 0.6 is 0 Å². The standard InChI is InChI=1S/C14H17N3O/c1-9(10-2-3-10)7-15-14(18)11-4-5-12-13(6-11)17-8-16-12/h4-6,8-10H,2-3,7H2,1H3,(H,15,18)(H,16,17). The lowest BCUT2D eigenvalue weighted by molar-refractivity contribution is 0.0947. The molecule has 0 aliphatic heterocycles. The van der Waals surface area contributed by atoms with Gasteiger partial charge in [0.15, 0.2) is 0 Å². The van der Waals surface area contributed by atoms with Crippen molar-refractivity contribution in [1.82, 2.24) is 15.3 Å². The highest BCUT2D eigenvalue weighted by Crippen LogP contribution is 2.36. The van der Waals surface area contributed by atoms with E-state index >= 15 is 0 Å². The van der Waals surface area contributed by atoms with Crippen LogP contribution in [0, 0.1) is 11.8 Å². The molecule has 1 heterocycles. The zero-order chi connectivity index (χ0) is 12.5. The normalized spacial score (nSPS) is 16.7. The van der Waals surface area contributed by atoms with E-state index in [0.717, 1.165) is 23.5 Å². The smallest absolute Gasteiger partial charge is 0.251 e. The number of amides is 1. The second kappa shape index (κ2) is 4.44. The van der Waals surface area contributed by atoms with Gasteiger partial charge in [-0.2, -0.15) is 0 Å². The molecule has 0 bridgehead atoms. The lowest BCUT2D eigenvalue weighted by atomic mass is 10.1. The number of hydrogen-bond donors (Lipinski definition) is 2. The van der Waals surface area contributed by atoms with Gasteiger partial charge in [0, 0.05) is 12.1 Å². The number of fused-ring (bicyclic) bond motifs is 1. The van der Waals surface area contributed by atoms with Gasteiger partial charge in [0.1, 0.15) is 0 Å². The molecule has 0 radical (unpaired) electrons. The summed E-state index contributed by atoms with van der Waals surface area (Å²) in [5.41, 5.74) is 2.48. The topological polar surface area (TPSA) is 57.8 Å². The fourth-order valence-electron chi connectivity index (χ4n) is 2.26. The van der Waals surface area contributed by atoms with Gasteiger partial charge in [-0.3, -0.25) is 4.79 Å². The highest BCUT2D eigenvalue weighted by molar-refractivity contribution is 5.97. The molecular formula is C14H17N3O. The molecule has 2 aromatic rings. The Labute approximate surface area is 106 Å². The predicted octanol–water partition coefficient (Wildman–Crippen LogP) is 2.34. The third-order valence-electron chi connectivity index (χ3n) is 3.69. The van der Waals surface area contributed by atoms with Crippen LogP contribution in [0.1, 0.15) is 30.1 Å². The Kier molecular flexibility index (Phi) is 2.78. The Morgan fingerprint density at radius 2 is 2.39 bits per heavy atom. The molecule has 0 spiro atoms. The third-order valence-corrected chi connectivity index (χ3v) is 3.69. The van der Waals surface area contributed by atoms with Crippen molar-refractivity contribution in [3.63, 3.8) is 0 Å². The van der Waals surface area contributed by atoms with Gasteiger partial charge in [-0.05, 0) is 42.9 Å². The summed E-state index contributed by atoms with van der Waals surface area (Å²) in [5.74, 6) is 1.41. The second-order valence-electron chi connectivity index (χ2n) is 5.16. The maximum Gasteiger partial charge on any atom is 0.251 e. The van der Waals surface area contributed by atoms with Gasteiger partial charge >= 0.3 is 0 Å². The van der Waals surface area contributed by atoms with Gasteiger partial charge < -0.3 is 10.3 Å². The van der Waals surface area contributed by atoms with E-state index in [4.69, 9.17) is 0 Å². The van der Waals surface area contributed by atoms with E-state index in [9.17, 15) is 4.79 Å². The minimum atomic E-state index is -0.000926. The number of aromatic amines is 1. The van der Waals surface area contributed by atoms with E-state index in [0.29, 0.717) is 11.5 Å². The van der Waals surface area contributed by atoms with E-state index in [2.05, 4.69) is 22.2 Å². The predicted molar refractivity (Wildman–Crippen MR) is 70.3 cm³/mol. The summed E-state index contributed by atoms with van der Waals surface area (Å²) >= 11 is 0. The number of H-pyrrole nitrogens is 1. The average Bonchev–Trinajstić information content (AvgIpc) is 3.13. The van der Waals surface area contributed by atoms with E-state index in [-0.39, 0.29) is 5.91 Å². The van der Waals surface area contributed by atoms with Crippen molar-refractivity contribution < 1.29 is 4.79 Å². The molecule has 18 heavy (non-hydrogen) atoms. The van der Waals surface area contributed by atoms with Crippen LogP contribution in [0.2, 0.25) is 0 Å². The number of benzene rings is 1. The first kappa shape index (κ1) is 11.3. The molecule has 1 amide bonds. The molecular weight excluding hydrogens is 226 g/mol. The van der Waals surface area contributed by atoms with E-state index in [1.165, 1.54) is 12.8 Å². The van der Waals surface area contributed by atoms with Gasteiger partial charge in [0.25, 0.3) is 5.91 Å². The highest BCUT2D eigenvalue weighted by Gasteiger charge is 2.27. The number of imidazole rings is 1. The van der Waals surface area contributed by atoms with Gasteiger partial charge in [0.05, 0.1) is 17.4 Å². The first-order valence-corrected chi connectivity index (χ1v) is 6.45. The lowest BCUT2D eigenvalue weighted by Crippen LogP contribution is -2.28. The zero-order valence-corrected chi connectivity index (χ0v) is 10.4. The van der Waals surface area contributed by atoms with Crippen LogP contribution in [0.3, 0.4) is 0 Å². The van der Waals surface area contributed by atoms with Crippen LogP contribution in [0.5, 0.6) is 0 Å². The minimum absolute atomic E-state index is 0.000926. The van der Waals surface area contributed by atoms with Gasteiger partial charge in [-0.25, -0.2) is 4.98 Å². The van der Waals surface area contributed by atoms with Gasteiger partial charge in [0.2, 0.25) is 0 Å². The Morgan fingerprint density at radius 3 is 3.17 bits per heavy atom. The van der Waals surface area contributed by atoms with E-state index in [1.54, 1.807) is 6.33 Å². The Hall–Kier alpha value is -1.84. The number of hydrogen-bond acceptors (Lipinski definition) is 2. The van der Waals surface area contributed by atoms with Crippen molar-refractivity contribution in [1.29, 1.82) is 0 Å². The summed E-state index contributed by atoms with van der Waals surface area (Å²) < 4.78 is 0. The first-order valence-electron chi connectivity index (χ1n) is 6.45. The van der Waals surface area contributed by atoms with Crippen LogP contribution in [-0.4, -0.2) is 22.4 Å². The minimum Gasteiger partial charge on any atom is -0.352 e. The highest BCUT2D eigenvalue weighted by atomic mass is 16.1. The molecule has 3 rings (SSSR count). The quantitative estimate of drug-likeness (QED) is 0.866. The van der Waals surface area contributed by atoms with Crippen molar-refractivity contribution in [2.75, 3.05) is 6.54 Å². The van der Waals surface area contributed by atoms with Crippen molar-refractivity contribution >= 4 is 16.9 Å². The molecule has 1 saturated carbocycles. The molecule has 4 heteroatoms. The third kappa shape index (κ3) is 2.23. The molecule has 1 aliphatic carbocycles. The molecule has 0 saturated heterocycles. The monoisotopic (exact) mass is 243 g/mol.